The highest BCUT2D eigenvalue weighted by atomic mass is 16.4. The molecule has 2 aromatic carbocycles. The van der Waals surface area contributed by atoms with Gasteiger partial charge in [-0.25, -0.2) is 4.79 Å². The van der Waals surface area contributed by atoms with Crippen LogP contribution in [0.4, 0.5) is 5.69 Å². The predicted molar refractivity (Wildman–Crippen MR) is 74.4 cm³/mol. The first-order valence-corrected chi connectivity index (χ1v) is 5.58. The number of rotatable bonds is 2. The van der Waals surface area contributed by atoms with E-state index < -0.39 is 11.9 Å². The zero-order valence-corrected chi connectivity index (χ0v) is 10.5. The van der Waals surface area contributed by atoms with Crippen molar-refractivity contribution < 1.29 is 19.8 Å². The van der Waals surface area contributed by atoms with Crippen molar-refractivity contribution in [1.82, 2.24) is 0 Å². The molecule has 0 spiro atoms. The highest BCUT2D eigenvalue weighted by molar-refractivity contribution is 5.93. The van der Waals surface area contributed by atoms with E-state index in [4.69, 9.17) is 21.7 Å². The number of nitrogens with two attached hydrogens (primary N) is 2. The van der Waals surface area contributed by atoms with Crippen LogP contribution in [-0.4, -0.2) is 22.1 Å². The van der Waals surface area contributed by atoms with E-state index in [1.807, 2.05) is 0 Å². The van der Waals surface area contributed by atoms with Gasteiger partial charge in [0, 0.05) is 11.3 Å². The van der Waals surface area contributed by atoms with Crippen LogP contribution in [-0.2, 0) is 0 Å². The second kappa shape index (κ2) is 6.79. The van der Waals surface area contributed by atoms with Gasteiger partial charge in [0.1, 0.15) is 5.75 Å². The Morgan fingerprint density at radius 1 is 0.950 bits per heavy atom. The number of carbonyl (C=O) groups is 2. The number of aromatic hydroxyl groups is 1. The van der Waals surface area contributed by atoms with Gasteiger partial charge in [-0.05, 0) is 36.4 Å². The topological polar surface area (TPSA) is 127 Å². The fraction of sp³-hybridized carbons (Fsp3) is 0. The lowest BCUT2D eigenvalue weighted by molar-refractivity contribution is 0.0696. The number of primary amides is 1. The number of phenols is 1. The number of phenolic OH excluding ortho intramolecular Hbond substituents is 1. The van der Waals surface area contributed by atoms with Crippen LogP contribution in [0.5, 0.6) is 5.75 Å². The minimum absolute atomic E-state index is 0.0279. The summed E-state index contributed by atoms with van der Waals surface area (Å²) in [6.45, 7) is 0. The van der Waals surface area contributed by atoms with Crippen LogP contribution in [0.2, 0.25) is 0 Å². The van der Waals surface area contributed by atoms with E-state index in [0.717, 1.165) is 0 Å². The number of hydrogen-bond acceptors (Lipinski definition) is 4. The molecule has 20 heavy (non-hydrogen) atoms. The molecule has 0 fully saturated rings. The minimum atomic E-state index is -1.03. The monoisotopic (exact) mass is 274 g/mol. The number of amides is 1. The van der Waals surface area contributed by atoms with Crippen molar-refractivity contribution in [2.45, 2.75) is 0 Å². The molecule has 6 N–H and O–H groups in total. The number of carboxylic acids is 1. The lowest BCUT2D eigenvalue weighted by Gasteiger charge is -1.94. The number of anilines is 1. The summed E-state index contributed by atoms with van der Waals surface area (Å²) >= 11 is 0. The Morgan fingerprint density at radius 3 is 1.95 bits per heavy atom. The van der Waals surface area contributed by atoms with Crippen molar-refractivity contribution in [1.29, 1.82) is 0 Å². The van der Waals surface area contributed by atoms with Crippen LogP contribution in [0.15, 0.2) is 48.5 Å². The molecule has 6 heteroatoms. The number of nitrogen functional groups attached to an aromatic ring is 1. The third kappa shape index (κ3) is 4.69. The van der Waals surface area contributed by atoms with Gasteiger partial charge in [0.25, 0.3) is 0 Å². The smallest absolute Gasteiger partial charge is 0.335 e. The minimum Gasteiger partial charge on any atom is -0.508 e. The highest BCUT2D eigenvalue weighted by Crippen LogP contribution is 2.10. The van der Waals surface area contributed by atoms with E-state index in [0.29, 0.717) is 11.3 Å². The lowest BCUT2D eigenvalue weighted by Crippen LogP contribution is -2.10. The molecular weight excluding hydrogens is 260 g/mol. The summed E-state index contributed by atoms with van der Waals surface area (Å²) in [5.74, 6) is -1.51. The molecule has 0 heterocycles. The van der Waals surface area contributed by atoms with Crippen molar-refractivity contribution in [3.8, 4) is 5.75 Å². The molecule has 0 atom stereocenters. The maximum Gasteiger partial charge on any atom is 0.335 e. The third-order valence-corrected chi connectivity index (χ3v) is 2.26. The predicted octanol–water partition coefficient (Wildman–Crippen LogP) is 1.46. The second-order valence-corrected chi connectivity index (χ2v) is 3.85. The van der Waals surface area contributed by atoms with Gasteiger partial charge in [0.15, 0.2) is 0 Å². The SMILES string of the molecule is NC(=O)c1cccc(N)c1.O=C(O)c1cccc(O)c1. The molecule has 104 valence electrons. The first kappa shape index (κ1) is 15.0. The summed E-state index contributed by atoms with van der Waals surface area (Å²) in [7, 11) is 0. The van der Waals surface area contributed by atoms with E-state index >= 15 is 0 Å². The van der Waals surface area contributed by atoms with Crippen molar-refractivity contribution in [2.75, 3.05) is 5.73 Å². The van der Waals surface area contributed by atoms with Gasteiger partial charge < -0.3 is 21.7 Å². The van der Waals surface area contributed by atoms with E-state index in [2.05, 4.69) is 0 Å². The third-order valence-electron chi connectivity index (χ3n) is 2.26. The number of carbonyl (C=O) groups excluding carboxylic acids is 1. The van der Waals surface area contributed by atoms with Gasteiger partial charge in [-0.1, -0.05) is 12.1 Å². The maximum absolute atomic E-state index is 10.5. The zero-order chi connectivity index (χ0) is 15.1. The van der Waals surface area contributed by atoms with E-state index in [1.165, 1.54) is 24.3 Å². The molecule has 0 saturated heterocycles. The van der Waals surface area contributed by atoms with Crippen LogP contribution in [0.3, 0.4) is 0 Å². The van der Waals surface area contributed by atoms with Crippen molar-refractivity contribution in [3.63, 3.8) is 0 Å². The average molecular weight is 274 g/mol. The summed E-state index contributed by atoms with van der Waals surface area (Å²) < 4.78 is 0. The molecular formula is C14H14N2O4. The number of benzene rings is 2. The second-order valence-electron chi connectivity index (χ2n) is 3.85. The van der Waals surface area contributed by atoms with Crippen LogP contribution in [0, 0.1) is 0 Å². The van der Waals surface area contributed by atoms with E-state index in [-0.39, 0.29) is 11.3 Å². The number of aromatic carboxylic acids is 1. The van der Waals surface area contributed by atoms with Gasteiger partial charge in [-0.3, -0.25) is 4.79 Å². The van der Waals surface area contributed by atoms with Crippen LogP contribution in [0.1, 0.15) is 20.7 Å². The fourth-order valence-corrected chi connectivity index (χ4v) is 1.33. The Labute approximate surface area is 115 Å². The molecule has 6 nitrogen and oxygen atoms in total. The summed E-state index contributed by atoms with van der Waals surface area (Å²) in [6.07, 6.45) is 0. The lowest BCUT2D eigenvalue weighted by atomic mass is 10.2. The quantitative estimate of drug-likeness (QED) is 0.616. The fourth-order valence-electron chi connectivity index (χ4n) is 1.33. The number of hydrogen-bond donors (Lipinski definition) is 4. The van der Waals surface area contributed by atoms with E-state index in [9.17, 15) is 9.59 Å². The zero-order valence-electron chi connectivity index (χ0n) is 10.5. The first-order valence-electron chi connectivity index (χ1n) is 5.58. The van der Waals surface area contributed by atoms with Gasteiger partial charge in [0.05, 0.1) is 5.56 Å². The average Bonchev–Trinajstić information content (AvgIpc) is 2.39. The van der Waals surface area contributed by atoms with Crippen LogP contribution < -0.4 is 11.5 Å². The van der Waals surface area contributed by atoms with Gasteiger partial charge in [0.2, 0.25) is 5.91 Å². The standard InChI is InChI=1S/C7H8N2O.C7H6O3/c2*8-6-3-1-2-5(4-6)7(9)10/h1-4H,8H2,(H2,9,10);1-4,8H,(H,9,10). The van der Waals surface area contributed by atoms with Crippen LogP contribution in [0.25, 0.3) is 0 Å². The Hall–Kier alpha value is -3.02. The Balaban J connectivity index is 0.000000200. The molecule has 0 bridgehead atoms. The molecule has 0 aliphatic rings. The maximum atomic E-state index is 10.5. The van der Waals surface area contributed by atoms with Crippen molar-refractivity contribution in [2.24, 2.45) is 5.73 Å². The highest BCUT2D eigenvalue weighted by Gasteiger charge is 2.00. The van der Waals surface area contributed by atoms with Gasteiger partial charge >= 0.3 is 5.97 Å². The van der Waals surface area contributed by atoms with Gasteiger partial charge in [-0.15, -0.1) is 0 Å². The first-order chi connectivity index (χ1) is 9.40. The molecule has 1 amide bonds. The van der Waals surface area contributed by atoms with Crippen molar-refractivity contribution in [3.05, 3.63) is 59.7 Å². The normalized spacial score (nSPS) is 9.20. The summed E-state index contributed by atoms with van der Waals surface area (Å²) in [4.78, 5) is 20.8. The number of carboxylic acid groups (broad SMARTS) is 1. The Morgan fingerprint density at radius 2 is 1.55 bits per heavy atom. The molecule has 0 aliphatic carbocycles. The van der Waals surface area contributed by atoms with Gasteiger partial charge in [-0.2, -0.15) is 0 Å². The molecule has 0 saturated carbocycles. The molecule has 2 rings (SSSR count). The Bertz CT molecular complexity index is 571. The molecule has 2 aromatic rings. The molecule has 0 unspecified atom stereocenters. The molecule has 0 aliphatic heterocycles. The van der Waals surface area contributed by atoms with E-state index in [1.54, 1.807) is 24.3 Å². The summed E-state index contributed by atoms with van der Waals surface area (Å²) in [6, 6.07) is 12.1. The van der Waals surface area contributed by atoms with Crippen LogP contribution >= 0.6 is 0 Å². The molecule has 0 radical (unpaired) electrons. The largest absolute Gasteiger partial charge is 0.508 e. The Kier molecular flexibility index (Phi) is 5.11. The molecule has 0 aromatic heterocycles. The van der Waals surface area contributed by atoms with Crippen molar-refractivity contribution >= 4 is 17.6 Å². The summed E-state index contributed by atoms with van der Waals surface area (Å²) in [5, 5.41) is 17.2. The summed E-state index contributed by atoms with van der Waals surface area (Å²) in [5.41, 5.74) is 11.5.